The van der Waals surface area contributed by atoms with Gasteiger partial charge in [0, 0.05) is 25.7 Å². The van der Waals surface area contributed by atoms with Crippen molar-refractivity contribution in [1.29, 1.82) is 10.5 Å². The summed E-state index contributed by atoms with van der Waals surface area (Å²) in [5, 5.41) is 40.4. The number of ether oxygens (including phenoxy) is 1. The molecule has 272 valence electrons. The number of piperidine rings is 1. The third kappa shape index (κ3) is 7.72. The van der Waals surface area contributed by atoms with Crippen LogP contribution in [0.2, 0.25) is 23.2 Å². The molecule has 1 aliphatic heterocycles. The maximum Gasteiger partial charge on any atom is 0.404 e. The number of methoxy groups -OCH3 is 1. The third-order valence-corrected chi connectivity index (χ3v) is 15.0. The van der Waals surface area contributed by atoms with Crippen molar-refractivity contribution in [3.63, 3.8) is 0 Å². The summed E-state index contributed by atoms with van der Waals surface area (Å²) < 4.78 is 13.6. The first-order valence-electron chi connectivity index (χ1n) is 17.2. The van der Waals surface area contributed by atoms with Gasteiger partial charge in [-0.05, 0) is 67.2 Å². The largest absolute Gasteiger partial charge is 0.497 e. The number of imidazole rings is 1. The monoisotopic (exact) mass is 742 g/mol. The Morgan fingerprint density at radius 1 is 1.15 bits per heavy atom. The highest BCUT2D eigenvalue weighted by Gasteiger charge is 2.43. The molecule has 3 N–H and O–H groups in total. The number of rotatable bonds is 11. The number of carbonyl (C=O) groups is 1. The zero-order valence-electron chi connectivity index (χ0n) is 30.1. The van der Waals surface area contributed by atoms with Gasteiger partial charge in [0.2, 0.25) is 5.95 Å². The number of amides is 1. The Morgan fingerprint density at radius 2 is 1.88 bits per heavy atom. The van der Waals surface area contributed by atoms with Crippen LogP contribution >= 0.6 is 11.6 Å². The molecule has 2 atom stereocenters. The second kappa shape index (κ2) is 14.5. The highest BCUT2D eigenvalue weighted by Crippen LogP contribution is 2.41. The number of anilines is 4. The minimum absolute atomic E-state index is 0.0944. The number of nitrogens with one attached hydrogen (secondary N) is 2. The van der Waals surface area contributed by atoms with Crippen LogP contribution in [0.5, 0.6) is 5.75 Å². The van der Waals surface area contributed by atoms with Gasteiger partial charge in [0.05, 0.1) is 53.5 Å². The average molecular weight is 743 g/mol. The number of hydrogen-bond acceptors (Lipinski definition) is 11. The van der Waals surface area contributed by atoms with Gasteiger partial charge in [0.25, 0.3) is 0 Å². The Balaban J connectivity index is 1.36. The van der Waals surface area contributed by atoms with Crippen LogP contribution in [0.3, 0.4) is 0 Å². The van der Waals surface area contributed by atoms with Crippen molar-refractivity contribution < 1.29 is 19.1 Å². The number of halogens is 1. The Kier molecular flexibility index (Phi) is 10.2. The highest BCUT2D eigenvalue weighted by molar-refractivity contribution is 6.74. The lowest BCUT2D eigenvalue weighted by molar-refractivity contribution is 0.115. The summed E-state index contributed by atoms with van der Waals surface area (Å²) in [6.07, 6.45) is 2.38. The molecule has 0 unspecified atom stereocenters. The predicted molar refractivity (Wildman–Crippen MR) is 201 cm³/mol. The summed E-state index contributed by atoms with van der Waals surface area (Å²) in [5.41, 5.74) is 3.10. The van der Waals surface area contributed by atoms with Gasteiger partial charge in [-0.15, -0.1) is 5.10 Å². The van der Waals surface area contributed by atoms with E-state index in [0.29, 0.717) is 59.5 Å². The quantitative estimate of drug-likeness (QED) is 0.139. The fourth-order valence-corrected chi connectivity index (χ4v) is 7.75. The maximum atomic E-state index is 11.7. The summed E-state index contributed by atoms with van der Waals surface area (Å²) in [6, 6.07) is 15.4. The first-order chi connectivity index (χ1) is 24.7. The minimum Gasteiger partial charge on any atom is -0.497 e. The van der Waals surface area contributed by atoms with Gasteiger partial charge in [0.15, 0.2) is 25.5 Å². The van der Waals surface area contributed by atoms with E-state index in [2.05, 4.69) is 71.6 Å². The number of benzene rings is 2. The number of nitriles is 2. The van der Waals surface area contributed by atoms with Crippen LogP contribution in [0.25, 0.3) is 5.65 Å². The summed E-state index contributed by atoms with van der Waals surface area (Å²) >= 11 is 7.14. The molecule has 2 aromatic heterocycles. The molecule has 2 aliphatic rings. The Hall–Kier alpha value is -5.09. The summed E-state index contributed by atoms with van der Waals surface area (Å²) in [5.74, 6) is 1.49. The molecule has 14 nitrogen and oxygen atoms in total. The van der Waals surface area contributed by atoms with E-state index in [9.17, 15) is 20.4 Å². The average Bonchev–Trinajstić information content (AvgIpc) is 3.86. The molecule has 0 bridgehead atoms. The van der Waals surface area contributed by atoms with Gasteiger partial charge < -0.3 is 34.7 Å². The van der Waals surface area contributed by atoms with E-state index >= 15 is 0 Å². The van der Waals surface area contributed by atoms with E-state index in [0.717, 1.165) is 24.2 Å². The van der Waals surface area contributed by atoms with E-state index in [1.807, 2.05) is 29.2 Å². The van der Waals surface area contributed by atoms with Crippen molar-refractivity contribution in [3.8, 4) is 17.9 Å². The van der Waals surface area contributed by atoms with Crippen LogP contribution in [0.1, 0.15) is 56.9 Å². The predicted octanol–water partition coefficient (Wildman–Crippen LogP) is 6.68. The second-order valence-corrected chi connectivity index (χ2v) is 19.9. The van der Waals surface area contributed by atoms with Gasteiger partial charge in [-0.25, -0.2) is 9.78 Å². The molecule has 52 heavy (non-hydrogen) atoms. The summed E-state index contributed by atoms with van der Waals surface area (Å²) in [7, 11) is -0.663. The normalized spacial score (nSPS) is 17.7. The van der Waals surface area contributed by atoms with Crippen LogP contribution in [-0.4, -0.2) is 77.5 Å². The maximum absolute atomic E-state index is 11.7. The number of aromatic nitrogens is 4. The van der Waals surface area contributed by atoms with Gasteiger partial charge in [-0.3, -0.25) is 0 Å². The summed E-state index contributed by atoms with van der Waals surface area (Å²) in [6.45, 7) is 12.1. The van der Waals surface area contributed by atoms with Crippen LogP contribution in [0.4, 0.5) is 27.9 Å². The molecule has 6 rings (SSSR count). The second-order valence-electron chi connectivity index (χ2n) is 14.8. The lowest BCUT2D eigenvalue weighted by Crippen LogP contribution is -2.59. The molecular formula is C36H43ClN10O4Si. The van der Waals surface area contributed by atoms with E-state index < -0.39 is 26.6 Å². The van der Waals surface area contributed by atoms with E-state index in [1.165, 1.54) is 10.7 Å². The molecule has 16 heteroatoms. The van der Waals surface area contributed by atoms with E-state index in [-0.39, 0.29) is 22.7 Å². The fraction of sp³-hybridized carbons (Fsp3) is 0.444. The van der Waals surface area contributed by atoms with Crippen LogP contribution < -0.4 is 25.2 Å². The van der Waals surface area contributed by atoms with Crippen molar-refractivity contribution in [2.75, 3.05) is 35.3 Å². The Labute approximate surface area is 309 Å². The van der Waals surface area contributed by atoms with Crippen molar-refractivity contribution in [3.05, 3.63) is 64.4 Å². The Bertz CT molecular complexity index is 2050. The molecule has 3 heterocycles. The standard InChI is InChI=1S/C36H43ClN10O4Si/c1-36(2,3)52(5,6)51-30-21-45(14-13-27(30)42-35(48)49)29-16-23(17-38)15-28(31(29)37)41-34-43-33(32-40-19-25(18-39)47(32)44-34)46(24-9-10-24)20-22-7-11-26(50-4)12-8-22/h7-8,11-12,15-16,19,24,27,30,42H,9-10,13-14,20-21H2,1-6H3,(H,41,44)(H,48,49)/t27-,30+/m1/s1. The Morgan fingerprint density at radius 3 is 2.50 bits per heavy atom. The van der Waals surface area contributed by atoms with Gasteiger partial charge in [-0.1, -0.05) is 44.5 Å². The van der Waals surface area contributed by atoms with Crippen molar-refractivity contribution in [2.24, 2.45) is 0 Å². The zero-order valence-corrected chi connectivity index (χ0v) is 31.9. The van der Waals surface area contributed by atoms with Gasteiger partial charge in [0.1, 0.15) is 11.8 Å². The molecule has 1 saturated heterocycles. The molecule has 2 aromatic carbocycles. The van der Waals surface area contributed by atoms with E-state index in [4.69, 9.17) is 25.7 Å². The number of nitrogens with zero attached hydrogens (tertiary/aromatic N) is 8. The first kappa shape index (κ1) is 36.7. The SMILES string of the molecule is COc1ccc(CN(c2nc(Nc3cc(C#N)cc(N4CC[C@@H](NC(=O)O)[C@@H](O[Si](C)(C)C(C)(C)C)C4)c3Cl)nn3c(C#N)cnc23)C2CC2)cc1. The first-order valence-corrected chi connectivity index (χ1v) is 20.5. The molecular weight excluding hydrogens is 700 g/mol. The smallest absolute Gasteiger partial charge is 0.404 e. The number of fused-ring (bicyclic) bond motifs is 1. The molecule has 1 amide bonds. The summed E-state index contributed by atoms with van der Waals surface area (Å²) in [4.78, 5) is 25.4. The van der Waals surface area contributed by atoms with Crippen LogP contribution in [0, 0.1) is 22.7 Å². The molecule has 1 aliphatic carbocycles. The van der Waals surface area contributed by atoms with Crippen LogP contribution in [0.15, 0.2) is 42.6 Å². The van der Waals surface area contributed by atoms with Gasteiger partial charge in [-0.2, -0.15) is 20.0 Å². The lowest BCUT2D eigenvalue weighted by Gasteiger charge is -2.46. The van der Waals surface area contributed by atoms with E-state index in [1.54, 1.807) is 19.2 Å². The fourth-order valence-electron chi connectivity index (χ4n) is 6.13. The van der Waals surface area contributed by atoms with Crippen LogP contribution in [-0.2, 0) is 11.0 Å². The molecule has 1 saturated carbocycles. The minimum atomic E-state index is -2.30. The molecule has 0 spiro atoms. The molecule has 0 radical (unpaired) electrons. The van der Waals surface area contributed by atoms with Crippen molar-refractivity contribution in [1.82, 2.24) is 24.9 Å². The number of carboxylic acid groups (broad SMARTS) is 1. The highest BCUT2D eigenvalue weighted by atomic mass is 35.5. The molecule has 4 aromatic rings. The van der Waals surface area contributed by atoms with Crippen molar-refractivity contribution in [2.45, 2.75) is 82.9 Å². The zero-order chi connectivity index (χ0) is 37.4. The topological polar surface area (TPSA) is 177 Å². The van der Waals surface area contributed by atoms with Gasteiger partial charge >= 0.3 is 6.09 Å². The molecule has 2 fully saturated rings. The third-order valence-electron chi connectivity index (χ3n) is 10.1. The lowest BCUT2D eigenvalue weighted by atomic mass is 10.0. The van der Waals surface area contributed by atoms with Crippen molar-refractivity contribution >= 4 is 54.8 Å². The number of hydrogen-bond donors (Lipinski definition) is 3.